The Kier molecular flexibility index (Phi) is 12.5. The third-order valence-corrected chi connectivity index (χ3v) is 5.38. The van der Waals surface area contributed by atoms with Gasteiger partial charge >= 0.3 is 0 Å². The molecule has 0 saturated heterocycles. The molecule has 0 aliphatic rings. The molecule has 0 spiro atoms. The zero-order valence-corrected chi connectivity index (χ0v) is 22.2. The van der Waals surface area contributed by atoms with Gasteiger partial charge in [0.2, 0.25) is 0 Å². The van der Waals surface area contributed by atoms with E-state index in [0.717, 1.165) is 49.1 Å². The number of guanidine groups is 1. The highest BCUT2D eigenvalue weighted by Gasteiger charge is 2.10. The van der Waals surface area contributed by atoms with E-state index in [1.807, 2.05) is 36.9 Å². The third kappa shape index (κ3) is 8.33. The highest BCUT2D eigenvalue weighted by Crippen LogP contribution is 2.19. The van der Waals surface area contributed by atoms with Crippen LogP contribution < -0.4 is 15.4 Å². The first-order chi connectivity index (χ1) is 14.5. The zero-order valence-electron chi connectivity index (χ0n) is 19.9. The average Bonchev–Trinajstić information content (AvgIpc) is 2.99. The van der Waals surface area contributed by atoms with E-state index in [2.05, 4.69) is 54.4 Å². The summed E-state index contributed by atoms with van der Waals surface area (Å²) in [6.07, 6.45) is 0. The molecule has 0 fully saturated rings. The summed E-state index contributed by atoms with van der Waals surface area (Å²) in [5, 5.41) is 11.2. The van der Waals surface area contributed by atoms with Crippen LogP contribution in [0.1, 0.15) is 43.3 Å². The minimum Gasteiger partial charge on any atom is -0.492 e. The van der Waals surface area contributed by atoms with Gasteiger partial charge in [0.25, 0.3) is 0 Å². The van der Waals surface area contributed by atoms with Gasteiger partial charge in [-0.25, -0.2) is 4.99 Å². The number of likely N-dealkylation sites (N-methyl/N-ethyl adjacent to an activating group) is 1. The van der Waals surface area contributed by atoms with Crippen molar-refractivity contribution in [2.45, 2.75) is 47.7 Å². The maximum absolute atomic E-state index is 6.06. The Bertz CT molecular complexity index is 816. The van der Waals surface area contributed by atoms with Crippen LogP contribution in [0, 0.1) is 13.8 Å². The first-order valence-corrected chi connectivity index (χ1v) is 10.9. The fourth-order valence-electron chi connectivity index (χ4n) is 3.35. The van der Waals surface area contributed by atoms with E-state index in [1.54, 1.807) is 0 Å². The Balaban J connectivity index is 0.00000480. The van der Waals surface area contributed by atoms with Crippen molar-refractivity contribution in [2.24, 2.45) is 12.0 Å². The van der Waals surface area contributed by atoms with E-state index in [1.165, 1.54) is 11.3 Å². The number of hydrogen-bond donors (Lipinski definition) is 2. The molecule has 7 nitrogen and oxygen atoms in total. The van der Waals surface area contributed by atoms with Crippen LogP contribution in [0.15, 0.2) is 29.3 Å². The number of halogens is 1. The molecular formula is C23H39IN6O. The average molecular weight is 543 g/mol. The van der Waals surface area contributed by atoms with Crippen molar-refractivity contribution in [1.29, 1.82) is 0 Å². The van der Waals surface area contributed by atoms with Crippen molar-refractivity contribution < 1.29 is 4.74 Å². The number of nitrogens with one attached hydrogen (secondary N) is 2. The Hall–Kier alpha value is -1.81. The van der Waals surface area contributed by atoms with Gasteiger partial charge in [0, 0.05) is 43.5 Å². The van der Waals surface area contributed by atoms with E-state index < -0.39 is 0 Å². The Morgan fingerprint density at radius 2 is 1.84 bits per heavy atom. The Morgan fingerprint density at radius 3 is 2.45 bits per heavy atom. The lowest BCUT2D eigenvalue weighted by atomic mass is 10.2. The highest BCUT2D eigenvalue weighted by atomic mass is 127. The van der Waals surface area contributed by atoms with Crippen LogP contribution in [0.5, 0.6) is 5.75 Å². The number of aromatic nitrogens is 2. The molecular weight excluding hydrogens is 503 g/mol. The minimum atomic E-state index is 0. The maximum atomic E-state index is 6.06. The van der Waals surface area contributed by atoms with E-state index in [0.29, 0.717) is 19.7 Å². The van der Waals surface area contributed by atoms with Crippen molar-refractivity contribution in [3.63, 3.8) is 0 Å². The molecule has 0 aliphatic heterocycles. The Morgan fingerprint density at radius 1 is 1.13 bits per heavy atom. The van der Waals surface area contributed by atoms with Gasteiger partial charge in [-0.2, -0.15) is 5.10 Å². The van der Waals surface area contributed by atoms with Crippen LogP contribution in [0.25, 0.3) is 0 Å². The van der Waals surface area contributed by atoms with E-state index >= 15 is 0 Å². The van der Waals surface area contributed by atoms with Crippen molar-refractivity contribution >= 4 is 29.9 Å². The summed E-state index contributed by atoms with van der Waals surface area (Å²) in [5.41, 5.74) is 4.51. The number of ether oxygens (including phenoxy) is 1. The van der Waals surface area contributed by atoms with Crippen molar-refractivity contribution in [3.05, 3.63) is 46.8 Å². The van der Waals surface area contributed by atoms with Gasteiger partial charge in [-0.1, -0.05) is 32.0 Å². The molecule has 1 aromatic carbocycles. The maximum Gasteiger partial charge on any atom is 0.191 e. The molecule has 0 unspecified atom stereocenters. The number of benzene rings is 1. The number of para-hydroxylation sites is 1. The smallest absolute Gasteiger partial charge is 0.191 e. The second-order valence-electron chi connectivity index (χ2n) is 7.30. The number of aryl methyl sites for hydroxylation is 2. The first-order valence-electron chi connectivity index (χ1n) is 10.9. The van der Waals surface area contributed by atoms with Gasteiger partial charge in [-0.15, -0.1) is 24.0 Å². The van der Waals surface area contributed by atoms with E-state index in [9.17, 15) is 0 Å². The van der Waals surface area contributed by atoms with Crippen LogP contribution >= 0.6 is 24.0 Å². The summed E-state index contributed by atoms with van der Waals surface area (Å²) in [6, 6.07) is 8.15. The SMILES string of the molecule is CCNC(=NCc1ccccc1OCCN(CC)CC)NCc1c(C)nn(C)c1C.I. The van der Waals surface area contributed by atoms with Crippen LogP contribution in [-0.2, 0) is 20.1 Å². The molecule has 0 bridgehead atoms. The summed E-state index contributed by atoms with van der Waals surface area (Å²) in [7, 11) is 1.97. The fraction of sp³-hybridized carbons (Fsp3) is 0.565. The molecule has 0 radical (unpaired) electrons. The summed E-state index contributed by atoms with van der Waals surface area (Å²) in [6.45, 7) is 16.3. The van der Waals surface area contributed by atoms with Gasteiger partial charge in [0.05, 0.1) is 12.2 Å². The lowest BCUT2D eigenvalue weighted by molar-refractivity contribution is 0.221. The fourth-order valence-corrected chi connectivity index (χ4v) is 3.35. The van der Waals surface area contributed by atoms with Crippen LogP contribution in [-0.4, -0.2) is 53.4 Å². The molecule has 2 N–H and O–H groups in total. The predicted octanol–water partition coefficient (Wildman–Crippen LogP) is 3.63. The standard InChI is InChI=1S/C23H38N6O.HI/c1-7-24-23(26-17-21-18(4)27-28(6)19(21)5)25-16-20-12-10-11-13-22(20)30-15-14-29(8-2)9-3;/h10-13H,7-9,14-17H2,1-6H3,(H2,24,25,26);1H. The summed E-state index contributed by atoms with van der Waals surface area (Å²) < 4.78 is 7.98. The summed E-state index contributed by atoms with van der Waals surface area (Å²) >= 11 is 0. The summed E-state index contributed by atoms with van der Waals surface area (Å²) in [4.78, 5) is 7.14. The zero-order chi connectivity index (χ0) is 21.9. The van der Waals surface area contributed by atoms with Crippen LogP contribution in [0.3, 0.4) is 0 Å². The number of nitrogens with zero attached hydrogens (tertiary/aromatic N) is 4. The molecule has 8 heteroatoms. The van der Waals surface area contributed by atoms with Crippen LogP contribution in [0.4, 0.5) is 0 Å². The number of rotatable bonds is 11. The van der Waals surface area contributed by atoms with E-state index in [4.69, 9.17) is 9.73 Å². The molecule has 1 heterocycles. The molecule has 31 heavy (non-hydrogen) atoms. The molecule has 174 valence electrons. The van der Waals surface area contributed by atoms with Crippen molar-refractivity contribution in [3.8, 4) is 5.75 Å². The quantitative estimate of drug-likeness (QED) is 0.258. The minimum absolute atomic E-state index is 0. The second-order valence-corrected chi connectivity index (χ2v) is 7.30. The van der Waals surface area contributed by atoms with Gasteiger partial charge < -0.3 is 20.3 Å². The molecule has 0 amide bonds. The number of aliphatic imine (C=N–C) groups is 1. The van der Waals surface area contributed by atoms with Gasteiger partial charge in [-0.05, 0) is 39.9 Å². The largest absolute Gasteiger partial charge is 0.492 e. The molecule has 1 aromatic heterocycles. The van der Waals surface area contributed by atoms with Crippen LogP contribution in [0.2, 0.25) is 0 Å². The molecule has 0 aliphatic carbocycles. The number of hydrogen-bond acceptors (Lipinski definition) is 4. The molecule has 2 aromatic rings. The summed E-state index contributed by atoms with van der Waals surface area (Å²) in [5.74, 6) is 1.70. The first kappa shape index (κ1) is 27.2. The van der Waals surface area contributed by atoms with Gasteiger partial charge in [0.1, 0.15) is 12.4 Å². The Labute approximate surface area is 204 Å². The molecule has 2 rings (SSSR count). The monoisotopic (exact) mass is 542 g/mol. The normalized spacial score (nSPS) is 11.4. The van der Waals surface area contributed by atoms with Gasteiger partial charge in [0.15, 0.2) is 5.96 Å². The topological polar surface area (TPSA) is 66.7 Å². The van der Waals surface area contributed by atoms with Gasteiger partial charge in [-0.3, -0.25) is 4.68 Å². The van der Waals surface area contributed by atoms with Crippen molar-refractivity contribution in [1.82, 2.24) is 25.3 Å². The van der Waals surface area contributed by atoms with Crippen molar-refractivity contribution in [2.75, 3.05) is 32.8 Å². The molecule has 0 atom stereocenters. The highest BCUT2D eigenvalue weighted by molar-refractivity contribution is 14.0. The third-order valence-electron chi connectivity index (χ3n) is 5.38. The molecule has 0 saturated carbocycles. The lowest BCUT2D eigenvalue weighted by Crippen LogP contribution is -2.37. The predicted molar refractivity (Wildman–Crippen MR) is 139 cm³/mol. The van der Waals surface area contributed by atoms with E-state index in [-0.39, 0.29) is 24.0 Å². The second kappa shape index (κ2) is 14.3. The lowest BCUT2D eigenvalue weighted by Gasteiger charge is -2.19.